The van der Waals surface area contributed by atoms with Gasteiger partial charge in [-0.2, -0.15) is 0 Å². The standard InChI is InChI=1S/C22H22Cl2N2O3/c23-16-10-17(24)12-18(11-16)25-20(27)19-13-26(9-8-22(19)6-7-22)21(28)29-14-15-4-2-1-3-5-15/h1-5,10-12,19H,6-9,13-14H2,(H,25,27). The van der Waals surface area contributed by atoms with Gasteiger partial charge in [0.1, 0.15) is 6.61 Å². The molecule has 152 valence electrons. The molecule has 1 aliphatic heterocycles. The molecule has 5 nitrogen and oxygen atoms in total. The molecular weight excluding hydrogens is 411 g/mol. The number of carbonyl (C=O) groups is 2. The van der Waals surface area contributed by atoms with Gasteiger partial charge in [0.25, 0.3) is 0 Å². The summed E-state index contributed by atoms with van der Waals surface area (Å²) in [6.45, 7) is 1.19. The van der Waals surface area contributed by atoms with Gasteiger partial charge in [-0.15, -0.1) is 0 Å². The maximum Gasteiger partial charge on any atom is 0.410 e. The second-order valence-electron chi connectivity index (χ2n) is 7.80. The maximum atomic E-state index is 13.0. The zero-order chi connectivity index (χ0) is 20.4. The maximum absolute atomic E-state index is 13.0. The fraction of sp³-hybridized carbons (Fsp3) is 0.364. The molecule has 1 spiro atoms. The molecule has 2 aliphatic rings. The molecule has 2 fully saturated rings. The molecule has 2 aromatic rings. The molecule has 1 aliphatic carbocycles. The third-order valence-corrected chi connectivity index (χ3v) is 6.26. The Hall–Kier alpha value is -2.24. The lowest BCUT2D eigenvalue weighted by atomic mass is 9.81. The van der Waals surface area contributed by atoms with Crippen molar-refractivity contribution in [2.75, 3.05) is 18.4 Å². The summed E-state index contributed by atoms with van der Waals surface area (Å²) in [5.74, 6) is -0.389. The van der Waals surface area contributed by atoms with Crippen LogP contribution in [0.1, 0.15) is 24.8 Å². The fourth-order valence-electron chi connectivity index (χ4n) is 3.99. The van der Waals surface area contributed by atoms with Gasteiger partial charge in [0, 0.05) is 28.8 Å². The molecule has 4 rings (SSSR count). The molecule has 2 aromatic carbocycles. The van der Waals surface area contributed by atoms with E-state index in [-0.39, 0.29) is 29.9 Å². The van der Waals surface area contributed by atoms with Crippen molar-refractivity contribution in [3.63, 3.8) is 0 Å². The summed E-state index contributed by atoms with van der Waals surface area (Å²) in [6.07, 6.45) is 2.44. The predicted octanol–water partition coefficient (Wildman–Crippen LogP) is 5.37. The van der Waals surface area contributed by atoms with E-state index in [0.29, 0.717) is 28.8 Å². The van der Waals surface area contributed by atoms with E-state index in [2.05, 4.69) is 5.32 Å². The van der Waals surface area contributed by atoms with Gasteiger partial charge in [-0.3, -0.25) is 4.79 Å². The van der Waals surface area contributed by atoms with Crippen LogP contribution in [0.4, 0.5) is 10.5 Å². The Labute approximate surface area is 179 Å². The average Bonchev–Trinajstić information content (AvgIpc) is 3.46. The van der Waals surface area contributed by atoms with Gasteiger partial charge in [0.15, 0.2) is 0 Å². The number of piperidine rings is 1. The van der Waals surface area contributed by atoms with Crippen LogP contribution in [-0.2, 0) is 16.1 Å². The summed E-state index contributed by atoms with van der Waals surface area (Å²) in [7, 11) is 0. The highest BCUT2D eigenvalue weighted by atomic mass is 35.5. The van der Waals surface area contributed by atoms with Crippen LogP contribution in [0.2, 0.25) is 10.0 Å². The topological polar surface area (TPSA) is 58.6 Å². The first kappa shape index (κ1) is 20.0. The number of amides is 2. The number of hydrogen-bond acceptors (Lipinski definition) is 3. The van der Waals surface area contributed by atoms with Crippen molar-refractivity contribution in [1.82, 2.24) is 4.90 Å². The first-order valence-corrected chi connectivity index (χ1v) is 10.4. The number of halogens is 2. The van der Waals surface area contributed by atoms with E-state index >= 15 is 0 Å². The number of carbonyl (C=O) groups excluding carboxylic acids is 2. The fourth-order valence-corrected chi connectivity index (χ4v) is 4.52. The van der Waals surface area contributed by atoms with E-state index in [1.165, 1.54) is 0 Å². The SMILES string of the molecule is O=C(Nc1cc(Cl)cc(Cl)c1)C1CN(C(=O)OCc2ccccc2)CCC12CC2. The highest BCUT2D eigenvalue weighted by molar-refractivity contribution is 6.35. The van der Waals surface area contributed by atoms with E-state index < -0.39 is 0 Å². The molecule has 0 radical (unpaired) electrons. The summed E-state index contributed by atoms with van der Waals surface area (Å²) in [5.41, 5.74) is 1.48. The van der Waals surface area contributed by atoms with Crippen LogP contribution >= 0.6 is 23.2 Å². The van der Waals surface area contributed by atoms with Crippen molar-refractivity contribution in [3.05, 3.63) is 64.1 Å². The van der Waals surface area contributed by atoms with Gasteiger partial charge >= 0.3 is 6.09 Å². The number of anilines is 1. The molecular formula is C22H22Cl2N2O3. The van der Waals surface area contributed by atoms with Crippen LogP contribution in [0, 0.1) is 11.3 Å². The molecule has 1 unspecified atom stereocenters. The average molecular weight is 433 g/mol. The van der Waals surface area contributed by atoms with Gasteiger partial charge in [-0.25, -0.2) is 4.79 Å². The summed E-state index contributed by atoms with van der Waals surface area (Å²) in [6, 6.07) is 14.5. The number of ether oxygens (including phenoxy) is 1. The molecule has 0 aromatic heterocycles. The summed E-state index contributed by atoms with van der Waals surface area (Å²) in [5, 5.41) is 3.84. The van der Waals surface area contributed by atoms with Gasteiger partial charge in [-0.1, -0.05) is 53.5 Å². The first-order valence-electron chi connectivity index (χ1n) is 9.68. The van der Waals surface area contributed by atoms with Gasteiger partial charge < -0.3 is 15.0 Å². The van der Waals surface area contributed by atoms with Crippen molar-refractivity contribution in [1.29, 1.82) is 0 Å². The van der Waals surface area contributed by atoms with Crippen LogP contribution in [0.5, 0.6) is 0 Å². The number of nitrogens with zero attached hydrogens (tertiary/aromatic N) is 1. The zero-order valence-corrected chi connectivity index (χ0v) is 17.4. The minimum atomic E-state index is -0.382. The molecule has 7 heteroatoms. The van der Waals surface area contributed by atoms with Gasteiger partial charge in [0.05, 0.1) is 5.92 Å². The molecule has 2 amide bonds. The van der Waals surface area contributed by atoms with E-state index in [9.17, 15) is 9.59 Å². The second-order valence-corrected chi connectivity index (χ2v) is 8.67. The lowest BCUT2D eigenvalue weighted by Gasteiger charge is -2.37. The number of benzene rings is 2. The van der Waals surface area contributed by atoms with Crippen LogP contribution in [0.25, 0.3) is 0 Å². The highest BCUT2D eigenvalue weighted by Crippen LogP contribution is 2.57. The Kier molecular flexibility index (Phi) is 5.70. The Balaban J connectivity index is 1.40. The van der Waals surface area contributed by atoms with Crippen LogP contribution in [0.15, 0.2) is 48.5 Å². The molecule has 29 heavy (non-hydrogen) atoms. The Morgan fingerprint density at radius 1 is 1.07 bits per heavy atom. The van der Waals surface area contributed by atoms with Crippen molar-refractivity contribution < 1.29 is 14.3 Å². The minimum absolute atomic E-state index is 0.0112. The first-order chi connectivity index (χ1) is 13.9. The van der Waals surface area contributed by atoms with E-state index in [4.69, 9.17) is 27.9 Å². The van der Waals surface area contributed by atoms with E-state index in [1.807, 2.05) is 30.3 Å². The largest absolute Gasteiger partial charge is 0.445 e. The minimum Gasteiger partial charge on any atom is -0.445 e. The van der Waals surface area contributed by atoms with E-state index in [0.717, 1.165) is 24.8 Å². The smallest absolute Gasteiger partial charge is 0.410 e. The molecule has 1 saturated heterocycles. The predicted molar refractivity (Wildman–Crippen MR) is 113 cm³/mol. The highest BCUT2D eigenvalue weighted by Gasteiger charge is 2.55. The second kappa shape index (κ2) is 8.25. The lowest BCUT2D eigenvalue weighted by molar-refractivity contribution is -0.124. The van der Waals surface area contributed by atoms with Crippen molar-refractivity contribution >= 4 is 40.9 Å². The van der Waals surface area contributed by atoms with Crippen LogP contribution in [0.3, 0.4) is 0 Å². The molecule has 1 atom stereocenters. The quantitative estimate of drug-likeness (QED) is 0.705. The number of hydrogen-bond donors (Lipinski definition) is 1. The Bertz CT molecular complexity index is 895. The summed E-state index contributed by atoms with van der Waals surface area (Å²) in [4.78, 5) is 27.2. The third-order valence-electron chi connectivity index (χ3n) is 5.82. The lowest BCUT2D eigenvalue weighted by Crippen LogP contribution is -2.49. The molecule has 1 N–H and O–H groups in total. The van der Waals surface area contributed by atoms with Gasteiger partial charge in [-0.05, 0) is 48.4 Å². The van der Waals surface area contributed by atoms with Crippen molar-refractivity contribution in [2.45, 2.75) is 25.9 Å². The Morgan fingerprint density at radius 2 is 1.76 bits per heavy atom. The van der Waals surface area contributed by atoms with Crippen molar-refractivity contribution in [2.24, 2.45) is 11.3 Å². The Morgan fingerprint density at radius 3 is 2.41 bits per heavy atom. The molecule has 1 saturated carbocycles. The molecule has 1 heterocycles. The third kappa shape index (κ3) is 4.68. The van der Waals surface area contributed by atoms with Crippen LogP contribution < -0.4 is 5.32 Å². The van der Waals surface area contributed by atoms with Crippen molar-refractivity contribution in [3.8, 4) is 0 Å². The summed E-state index contributed by atoms with van der Waals surface area (Å²) < 4.78 is 5.45. The number of nitrogens with one attached hydrogen (secondary N) is 1. The number of likely N-dealkylation sites (tertiary alicyclic amines) is 1. The molecule has 0 bridgehead atoms. The number of rotatable bonds is 4. The van der Waals surface area contributed by atoms with Crippen LogP contribution in [-0.4, -0.2) is 30.0 Å². The normalized spacial score (nSPS) is 19.7. The zero-order valence-electron chi connectivity index (χ0n) is 15.9. The monoisotopic (exact) mass is 432 g/mol. The van der Waals surface area contributed by atoms with E-state index in [1.54, 1.807) is 23.1 Å². The van der Waals surface area contributed by atoms with Gasteiger partial charge in [0.2, 0.25) is 5.91 Å². The summed E-state index contributed by atoms with van der Waals surface area (Å²) >= 11 is 12.1.